The third-order valence-electron chi connectivity index (χ3n) is 11.3. The van der Waals surface area contributed by atoms with Gasteiger partial charge in [-0.25, -0.2) is 14.6 Å². The number of likely N-dealkylation sites (tertiary alicyclic amines) is 1. The summed E-state index contributed by atoms with van der Waals surface area (Å²) in [5, 5.41) is 16.5. The first-order valence-corrected chi connectivity index (χ1v) is 20.2. The largest absolute Gasteiger partial charge is 0.506 e. The van der Waals surface area contributed by atoms with E-state index in [0.29, 0.717) is 65.8 Å². The Kier molecular flexibility index (Phi) is 11.8. The van der Waals surface area contributed by atoms with Crippen molar-refractivity contribution in [1.82, 2.24) is 30.0 Å². The lowest BCUT2D eigenvalue weighted by atomic mass is 9.83. The summed E-state index contributed by atoms with van der Waals surface area (Å²) < 4.78 is 6.72. The van der Waals surface area contributed by atoms with Crippen LogP contribution in [0, 0.1) is 5.92 Å². The van der Waals surface area contributed by atoms with E-state index in [4.69, 9.17) is 10.5 Å². The molecule has 2 aromatic heterocycles. The summed E-state index contributed by atoms with van der Waals surface area (Å²) in [6.07, 6.45) is 7.07. The van der Waals surface area contributed by atoms with Crippen molar-refractivity contribution in [3.8, 4) is 5.75 Å². The SMILES string of the molecule is NC(=O)[C@H](Cc1cc(Br)c(O)c(Br)c1)N(C(=O)N1CCC2(CC1)OC(=O)Nc1ncccc12)[C@@H](CC1CCNCC1)C(=O)N1CCN(c2ccncc2)CC1. The molecule has 0 aliphatic carbocycles. The Morgan fingerprint density at radius 1 is 0.964 bits per heavy atom. The van der Waals surface area contributed by atoms with Gasteiger partial charge in [0.25, 0.3) is 0 Å². The van der Waals surface area contributed by atoms with E-state index in [-0.39, 0.29) is 37.1 Å². The number of halogens is 2. The summed E-state index contributed by atoms with van der Waals surface area (Å²) in [6, 6.07) is 8.23. The molecule has 3 fully saturated rings. The van der Waals surface area contributed by atoms with Gasteiger partial charge in [0.2, 0.25) is 11.8 Å². The molecule has 4 aliphatic rings. The molecule has 17 heteroatoms. The highest BCUT2D eigenvalue weighted by Crippen LogP contribution is 2.43. The molecule has 0 unspecified atom stereocenters. The maximum absolute atomic E-state index is 15.2. The average Bonchev–Trinajstić information content (AvgIpc) is 3.20. The Morgan fingerprint density at radius 3 is 2.29 bits per heavy atom. The van der Waals surface area contributed by atoms with E-state index in [9.17, 15) is 19.5 Å². The quantitative estimate of drug-likeness (QED) is 0.243. The molecule has 7 rings (SSSR count). The third kappa shape index (κ3) is 8.38. The Labute approximate surface area is 336 Å². The number of nitrogens with one attached hydrogen (secondary N) is 2. The summed E-state index contributed by atoms with van der Waals surface area (Å²) in [7, 11) is 0. The van der Waals surface area contributed by atoms with E-state index >= 15 is 4.79 Å². The van der Waals surface area contributed by atoms with E-state index in [2.05, 4.69) is 57.4 Å². The van der Waals surface area contributed by atoms with Gasteiger partial charge in [0, 0.05) is 88.4 Å². The summed E-state index contributed by atoms with van der Waals surface area (Å²) in [4.78, 5) is 72.1. The highest BCUT2D eigenvalue weighted by Gasteiger charge is 2.48. The number of phenols is 1. The Balaban J connectivity index is 1.22. The van der Waals surface area contributed by atoms with Crippen LogP contribution >= 0.6 is 31.9 Å². The predicted octanol–water partition coefficient (Wildman–Crippen LogP) is 4.19. The molecule has 15 nitrogen and oxygen atoms in total. The van der Waals surface area contributed by atoms with Gasteiger partial charge in [-0.2, -0.15) is 0 Å². The first-order chi connectivity index (χ1) is 26.5. The van der Waals surface area contributed by atoms with Crippen LogP contribution < -0.4 is 21.3 Å². The van der Waals surface area contributed by atoms with Crippen LogP contribution in [-0.2, 0) is 26.3 Å². The Hall–Kier alpha value is -4.48. The van der Waals surface area contributed by atoms with Crippen molar-refractivity contribution < 1.29 is 29.0 Å². The molecular weight excluding hydrogens is 838 g/mol. The van der Waals surface area contributed by atoms with Crippen LogP contribution in [-0.4, -0.2) is 118 Å². The van der Waals surface area contributed by atoms with E-state index in [0.717, 1.165) is 37.2 Å². The molecule has 0 radical (unpaired) electrons. The second-order valence-electron chi connectivity index (χ2n) is 14.6. The molecule has 6 heterocycles. The number of hydrogen-bond donors (Lipinski definition) is 4. The van der Waals surface area contributed by atoms with Crippen molar-refractivity contribution in [3.63, 3.8) is 0 Å². The molecule has 5 N–H and O–H groups in total. The monoisotopic (exact) mass is 881 g/mol. The van der Waals surface area contributed by atoms with Gasteiger partial charge in [0.1, 0.15) is 29.3 Å². The van der Waals surface area contributed by atoms with E-state index in [1.807, 2.05) is 18.2 Å². The second kappa shape index (κ2) is 16.7. The van der Waals surface area contributed by atoms with Crippen LogP contribution in [0.5, 0.6) is 5.75 Å². The highest BCUT2D eigenvalue weighted by molar-refractivity contribution is 9.11. The number of ether oxygens (including phenoxy) is 1. The zero-order valence-electron chi connectivity index (χ0n) is 30.3. The number of rotatable bonds is 9. The summed E-state index contributed by atoms with van der Waals surface area (Å²) in [5.74, 6) is -0.426. The van der Waals surface area contributed by atoms with Crippen molar-refractivity contribution in [2.75, 3.05) is 62.6 Å². The molecule has 55 heavy (non-hydrogen) atoms. The van der Waals surface area contributed by atoms with Crippen LogP contribution in [0.4, 0.5) is 21.1 Å². The van der Waals surface area contributed by atoms with Gasteiger partial charge in [-0.3, -0.25) is 19.9 Å². The molecule has 292 valence electrons. The second-order valence-corrected chi connectivity index (χ2v) is 16.3. The Morgan fingerprint density at radius 2 is 1.64 bits per heavy atom. The number of urea groups is 1. The maximum atomic E-state index is 15.2. The first-order valence-electron chi connectivity index (χ1n) is 18.7. The number of fused-ring (bicyclic) bond motifs is 2. The van der Waals surface area contributed by atoms with Crippen LogP contribution in [0.3, 0.4) is 0 Å². The zero-order valence-corrected chi connectivity index (χ0v) is 33.5. The fourth-order valence-electron chi connectivity index (χ4n) is 8.32. The number of piperazine rings is 1. The minimum Gasteiger partial charge on any atom is -0.506 e. The molecule has 1 spiro atoms. The van der Waals surface area contributed by atoms with Gasteiger partial charge >= 0.3 is 12.1 Å². The zero-order chi connectivity index (χ0) is 38.7. The molecule has 1 aromatic carbocycles. The number of nitrogens with two attached hydrogens (primary N) is 1. The normalized spacial score (nSPS) is 19.5. The molecule has 0 saturated carbocycles. The molecule has 5 amide bonds. The van der Waals surface area contributed by atoms with E-state index in [1.165, 1.54) is 4.90 Å². The molecule has 2 atom stereocenters. The van der Waals surface area contributed by atoms with Gasteiger partial charge < -0.3 is 40.5 Å². The molecule has 3 aromatic rings. The van der Waals surface area contributed by atoms with Crippen LogP contribution in [0.1, 0.15) is 43.2 Å². The number of pyridine rings is 2. The molecule has 0 bridgehead atoms. The number of amides is 5. The molecule has 4 aliphatic heterocycles. The number of carbonyl (C=O) groups is 4. The van der Waals surface area contributed by atoms with E-state index in [1.54, 1.807) is 46.6 Å². The highest BCUT2D eigenvalue weighted by atomic mass is 79.9. The smallest absolute Gasteiger partial charge is 0.413 e. The number of carbonyl (C=O) groups excluding carboxylic acids is 4. The fourth-order valence-corrected chi connectivity index (χ4v) is 9.60. The lowest BCUT2D eigenvalue weighted by molar-refractivity contribution is -0.139. The van der Waals surface area contributed by atoms with Crippen molar-refractivity contribution >= 4 is 67.3 Å². The number of anilines is 2. The lowest BCUT2D eigenvalue weighted by Crippen LogP contribution is -2.64. The van der Waals surface area contributed by atoms with Crippen molar-refractivity contribution in [2.45, 2.75) is 56.2 Å². The van der Waals surface area contributed by atoms with Crippen molar-refractivity contribution in [1.29, 1.82) is 0 Å². The number of aromatic hydroxyl groups is 1. The summed E-state index contributed by atoms with van der Waals surface area (Å²) >= 11 is 6.78. The summed E-state index contributed by atoms with van der Waals surface area (Å²) in [5.41, 5.74) is 7.63. The van der Waals surface area contributed by atoms with Crippen LogP contribution in [0.2, 0.25) is 0 Å². The number of hydrogen-bond acceptors (Lipinski definition) is 10. The van der Waals surface area contributed by atoms with Crippen LogP contribution in [0.25, 0.3) is 0 Å². The third-order valence-corrected chi connectivity index (χ3v) is 12.5. The Bertz CT molecular complexity index is 1880. The van der Waals surface area contributed by atoms with E-state index < -0.39 is 35.7 Å². The standard InChI is InChI=1S/C38H45Br2N9O6/c39-28-20-25(21-29(40)32(28)50)23-30(33(41)51)49(37(54)48-14-7-38(8-15-48)27-2-1-9-44-34(27)45-36(53)55-38)31(22-24-3-10-42-11-4-24)35(52)47-18-16-46(17-19-47)26-5-12-43-13-6-26/h1-2,5-6,9,12-13,20-21,24,30-31,42,50H,3-4,7-8,10-11,14-19,22-23H2,(H2,41,51)(H,44,45,53)/t30-,31-/m0/s1. The van der Waals surface area contributed by atoms with Gasteiger partial charge in [-0.1, -0.05) is 0 Å². The fraction of sp³-hybridized carbons (Fsp3) is 0.474. The van der Waals surface area contributed by atoms with Gasteiger partial charge in [0.05, 0.1) is 8.95 Å². The average molecular weight is 884 g/mol. The number of piperidine rings is 2. The van der Waals surface area contributed by atoms with Gasteiger partial charge in [-0.05, 0) is 112 Å². The predicted molar refractivity (Wildman–Crippen MR) is 211 cm³/mol. The maximum Gasteiger partial charge on any atom is 0.413 e. The molecule has 3 saturated heterocycles. The van der Waals surface area contributed by atoms with Gasteiger partial charge in [0.15, 0.2) is 0 Å². The number of nitrogens with zero attached hydrogens (tertiary/aromatic N) is 6. The van der Waals surface area contributed by atoms with Crippen molar-refractivity contribution in [3.05, 3.63) is 75.1 Å². The van der Waals surface area contributed by atoms with Crippen molar-refractivity contribution in [2.24, 2.45) is 11.7 Å². The van der Waals surface area contributed by atoms with Crippen LogP contribution in [0.15, 0.2) is 63.9 Å². The molecular formula is C38H45Br2N9O6. The number of aromatic nitrogens is 2. The minimum atomic E-state index is -1.21. The first kappa shape index (κ1) is 38.8. The minimum absolute atomic E-state index is 0.00445. The topological polar surface area (TPSA) is 187 Å². The number of phenolic OH excluding ortho intramolecular Hbond substituents is 1. The number of primary amides is 1. The number of benzene rings is 1. The summed E-state index contributed by atoms with van der Waals surface area (Å²) in [6.45, 7) is 4.02. The lowest BCUT2D eigenvalue weighted by Gasteiger charge is -2.47. The van der Waals surface area contributed by atoms with Gasteiger partial charge in [-0.15, -0.1) is 0 Å².